The van der Waals surface area contributed by atoms with Gasteiger partial charge in [0.15, 0.2) is 0 Å². The Morgan fingerprint density at radius 3 is 2.59 bits per heavy atom. The standard InChI is InChI=1S/C21H25N3O3/c25-15-7-6-10-18-13-14-20(24(26)27)21(22-18)23(19-11-4-5-12-19)16-17-8-2-1-3-9-17/h1-3,6,8-10,13-14,19,25H,4-5,7,11-12,15-16H2. The molecule has 3 rings (SSSR count). The van der Waals surface area contributed by atoms with Crippen LogP contribution < -0.4 is 4.90 Å². The van der Waals surface area contributed by atoms with Gasteiger partial charge in [0, 0.05) is 25.3 Å². The Labute approximate surface area is 159 Å². The van der Waals surface area contributed by atoms with E-state index in [4.69, 9.17) is 5.11 Å². The quantitative estimate of drug-likeness (QED) is 0.555. The van der Waals surface area contributed by atoms with Crippen LogP contribution in [-0.2, 0) is 6.54 Å². The summed E-state index contributed by atoms with van der Waals surface area (Å²) in [6.45, 7) is 0.668. The number of aromatic nitrogens is 1. The number of rotatable bonds is 8. The summed E-state index contributed by atoms with van der Waals surface area (Å²) in [5.74, 6) is 0.432. The highest BCUT2D eigenvalue weighted by molar-refractivity contribution is 5.62. The van der Waals surface area contributed by atoms with Crippen molar-refractivity contribution in [2.75, 3.05) is 11.5 Å². The Balaban J connectivity index is 1.99. The summed E-state index contributed by atoms with van der Waals surface area (Å²) in [6, 6.07) is 13.5. The lowest BCUT2D eigenvalue weighted by atomic mass is 10.1. The number of anilines is 1. The van der Waals surface area contributed by atoms with E-state index in [1.54, 1.807) is 12.1 Å². The fraction of sp³-hybridized carbons (Fsp3) is 0.381. The maximum absolute atomic E-state index is 11.7. The summed E-state index contributed by atoms with van der Waals surface area (Å²) >= 11 is 0. The number of hydrogen-bond donors (Lipinski definition) is 1. The van der Waals surface area contributed by atoms with Gasteiger partial charge in [0.1, 0.15) is 0 Å². The number of hydrogen-bond acceptors (Lipinski definition) is 5. The van der Waals surface area contributed by atoms with Gasteiger partial charge in [-0.05, 0) is 37.0 Å². The van der Waals surface area contributed by atoms with Crippen LogP contribution >= 0.6 is 0 Å². The molecule has 2 aromatic rings. The smallest absolute Gasteiger partial charge is 0.311 e. The minimum atomic E-state index is -0.351. The molecular weight excluding hydrogens is 342 g/mol. The van der Waals surface area contributed by atoms with Crippen LogP contribution in [-0.4, -0.2) is 27.7 Å². The highest BCUT2D eigenvalue weighted by Gasteiger charge is 2.29. The van der Waals surface area contributed by atoms with Crippen molar-refractivity contribution in [3.05, 3.63) is 69.9 Å². The zero-order chi connectivity index (χ0) is 19.1. The Morgan fingerprint density at radius 2 is 1.93 bits per heavy atom. The van der Waals surface area contributed by atoms with Crippen LogP contribution in [0.1, 0.15) is 43.4 Å². The number of nitrogens with zero attached hydrogens (tertiary/aromatic N) is 3. The lowest BCUT2D eigenvalue weighted by molar-refractivity contribution is -0.384. The fourth-order valence-corrected chi connectivity index (χ4v) is 3.55. The Bertz CT molecular complexity index is 787. The molecule has 6 heteroatoms. The summed E-state index contributed by atoms with van der Waals surface area (Å²) in [7, 11) is 0. The van der Waals surface area contributed by atoms with Crippen LogP contribution in [0.25, 0.3) is 6.08 Å². The van der Waals surface area contributed by atoms with Crippen molar-refractivity contribution >= 4 is 17.6 Å². The molecule has 0 radical (unpaired) electrons. The zero-order valence-corrected chi connectivity index (χ0v) is 15.3. The molecule has 1 fully saturated rings. The maximum Gasteiger partial charge on any atom is 0.311 e. The molecule has 1 saturated carbocycles. The van der Waals surface area contributed by atoms with Gasteiger partial charge in [0.25, 0.3) is 0 Å². The van der Waals surface area contributed by atoms with Crippen LogP contribution in [0.15, 0.2) is 48.5 Å². The van der Waals surface area contributed by atoms with E-state index >= 15 is 0 Å². The first-order valence-corrected chi connectivity index (χ1v) is 9.42. The van der Waals surface area contributed by atoms with E-state index in [0.717, 1.165) is 31.2 Å². The van der Waals surface area contributed by atoms with Crippen molar-refractivity contribution in [1.29, 1.82) is 0 Å². The third kappa shape index (κ3) is 4.92. The number of nitro groups is 1. The minimum absolute atomic E-state index is 0.0390. The van der Waals surface area contributed by atoms with Crippen molar-refractivity contribution < 1.29 is 10.0 Å². The van der Waals surface area contributed by atoms with E-state index in [2.05, 4.69) is 9.88 Å². The Hall–Kier alpha value is -2.73. The van der Waals surface area contributed by atoms with Crippen LogP contribution in [0.5, 0.6) is 0 Å². The summed E-state index contributed by atoms with van der Waals surface area (Å²) in [6.07, 6.45) is 8.49. The molecule has 142 valence electrons. The van der Waals surface area contributed by atoms with Gasteiger partial charge in [0.05, 0.1) is 10.6 Å². The number of aliphatic hydroxyl groups is 1. The van der Waals surface area contributed by atoms with Crippen molar-refractivity contribution in [1.82, 2.24) is 4.98 Å². The molecule has 0 saturated heterocycles. The van der Waals surface area contributed by atoms with Gasteiger partial charge < -0.3 is 10.0 Å². The molecule has 27 heavy (non-hydrogen) atoms. The van der Waals surface area contributed by atoms with Gasteiger partial charge >= 0.3 is 5.69 Å². The molecule has 0 atom stereocenters. The second-order valence-electron chi connectivity index (χ2n) is 6.80. The Morgan fingerprint density at radius 1 is 1.19 bits per heavy atom. The van der Waals surface area contributed by atoms with E-state index in [-0.39, 0.29) is 23.3 Å². The first-order valence-electron chi connectivity index (χ1n) is 9.42. The van der Waals surface area contributed by atoms with Gasteiger partial charge in [-0.3, -0.25) is 10.1 Å². The molecule has 0 unspecified atom stereocenters. The first-order chi connectivity index (χ1) is 13.2. The van der Waals surface area contributed by atoms with E-state index in [9.17, 15) is 10.1 Å². The molecule has 1 aromatic heterocycles. The second kappa shape index (κ2) is 9.28. The SMILES string of the molecule is O=[N+]([O-])c1ccc(C=CCCO)nc1N(Cc1ccccc1)C1CCCC1. The van der Waals surface area contributed by atoms with E-state index in [0.29, 0.717) is 24.5 Å². The molecule has 1 aliphatic carbocycles. The van der Waals surface area contributed by atoms with E-state index in [1.165, 1.54) is 6.07 Å². The fourth-order valence-electron chi connectivity index (χ4n) is 3.55. The van der Waals surface area contributed by atoms with Crippen molar-refractivity contribution in [2.45, 2.75) is 44.7 Å². The normalized spacial score (nSPS) is 14.7. The minimum Gasteiger partial charge on any atom is -0.396 e. The summed E-state index contributed by atoms with van der Waals surface area (Å²) in [5.41, 5.74) is 1.82. The third-order valence-electron chi connectivity index (χ3n) is 4.89. The van der Waals surface area contributed by atoms with E-state index < -0.39 is 0 Å². The monoisotopic (exact) mass is 367 g/mol. The topological polar surface area (TPSA) is 79.5 Å². The zero-order valence-electron chi connectivity index (χ0n) is 15.3. The van der Waals surface area contributed by atoms with Crippen LogP contribution in [0.3, 0.4) is 0 Å². The summed E-state index contributed by atoms with van der Waals surface area (Å²) in [4.78, 5) is 18.0. The molecule has 1 N–H and O–H groups in total. The lowest BCUT2D eigenvalue weighted by Gasteiger charge is -2.30. The Kier molecular flexibility index (Phi) is 6.54. The predicted molar refractivity (Wildman–Crippen MR) is 107 cm³/mol. The number of pyridine rings is 1. The average Bonchev–Trinajstić information content (AvgIpc) is 3.21. The molecule has 0 amide bonds. The molecule has 1 heterocycles. The first kappa shape index (κ1) is 19.0. The number of aliphatic hydroxyl groups excluding tert-OH is 1. The molecule has 0 spiro atoms. The largest absolute Gasteiger partial charge is 0.396 e. The summed E-state index contributed by atoms with van der Waals surface area (Å²) in [5, 5.41) is 20.6. The highest BCUT2D eigenvalue weighted by atomic mass is 16.6. The van der Waals surface area contributed by atoms with Crippen LogP contribution in [0.2, 0.25) is 0 Å². The average molecular weight is 367 g/mol. The van der Waals surface area contributed by atoms with Gasteiger partial charge in [-0.2, -0.15) is 0 Å². The van der Waals surface area contributed by atoms with Crippen molar-refractivity contribution in [2.24, 2.45) is 0 Å². The third-order valence-corrected chi connectivity index (χ3v) is 4.89. The highest BCUT2D eigenvalue weighted by Crippen LogP contribution is 2.34. The van der Waals surface area contributed by atoms with Crippen LogP contribution in [0.4, 0.5) is 11.5 Å². The molecule has 1 aliphatic rings. The molecule has 0 bridgehead atoms. The maximum atomic E-state index is 11.7. The van der Waals surface area contributed by atoms with Crippen molar-refractivity contribution in [3.63, 3.8) is 0 Å². The molecule has 6 nitrogen and oxygen atoms in total. The number of benzene rings is 1. The molecule has 0 aliphatic heterocycles. The lowest BCUT2D eigenvalue weighted by Crippen LogP contribution is -2.34. The van der Waals surface area contributed by atoms with Gasteiger partial charge in [-0.25, -0.2) is 4.98 Å². The summed E-state index contributed by atoms with van der Waals surface area (Å²) < 4.78 is 0. The van der Waals surface area contributed by atoms with E-state index in [1.807, 2.05) is 36.4 Å². The van der Waals surface area contributed by atoms with Gasteiger partial charge in [0.2, 0.25) is 5.82 Å². The molecule has 1 aromatic carbocycles. The van der Waals surface area contributed by atoms with Crippen molar-refractivity contribution in [3.8, 4) is 0 Å². The van der Waals surface area contributed by atoms with Crippen LogP contribution in [0, 0.1) is 10.1 Å². The van der Waals surface area contributed by atoms with Gasteiger partial charge in [-0.1, -0.05) is 49.2 Å². The predicted octanol–water partition coefficient (Wildman–Crippen LogP) is 4.33. The van der Waals surface area contributed by atoms with Gasteiger partial charge in [-0.15, -0.1) is 0 Å². The molecular formula is C21H25N3O3. The second-order valence-corrected chi connectivity index (χ2v) is 6.80.